The van der Waals surface area contributed by atoms with E-state index in [9.17, 15) is 0 Å². The number of hydrogen-bond donors (Lipinski definition) is 1. The third-order valence-electron chi connectivity index (χ3n) is 2.42. The number of aryl methyl sites for hydroxylation is 1. The van der Waals surface area contributed by atoms with Gasteiger partial charge in [-0.15, -0.1) is 11.3 Å². The minimum atomic E-state index is 0.366. The third-order valence-corrected chi connectivity index (χ3v) is 3.49. The highest BCUT2D eigenvalue weighted by Crippen LogP contribution is 2.25. The molecule has 1 aromatic heterocycles. The fraction of sp³-hybridized carbons (Fsp3) is 0.667. The van der Waals surface area contributed by atoms with Crippen molar-refractivity contribution in [3.05, 3.63) is 21.9 Å². The highest BCUT2D eigenvalue weighted by molar-refractivity contribution is 7.10. The number of hydrogen-bond acceptors (Lipinski definition) is 3. The lowest BCUT2D eigenvalue weighted by molar-refractivity contribution is 0.124. The molecule has 1 N–H and O–H groups in total. The van der Waals surface area contributed by atoms with Crippen LogP contribution >= 0.6 is 11.3 Å². The first kappa shape index (κ1) is 12.7. The van der Waals surface area contributed by atoms with Crippen molar-refractivity contribution in [1.82, 2.24) is 5.32 Å². The predicted octanol–water partition coefficient (Wildman–Crippen LogP) is 3.00. The average Bonchev–Trinajstić information content (AvgIpc) is 2.72. The first-order valence-electron chi connectivity index (χ1n) is 5.70. The van der Waals surface area contributed by atoms with Gasteiger partial charge in [0.15, 0.2) is 0 Å². The molecule has 0 aliphatic rings. The summed E-state index contributed by atoms with van der Waals surface area (Å²) in [6.45, 7) is 8.93. The van der Waals surface area contributed by atoms with Gasteiger partial charge in [-0.2, -0.15) is 0 Å². The Hall–Kier alpha value is -0.380. The topological polar surface area (TPSA) is 21.3 Å². The van der Waals surface area contributed by atoms with E-state index in [1.165, 1.54) is 10.4 Å². The van der Waals surface area contributed by atoms with E-state index < -0.39 is 0 Å². The fourth-order valence-electron chi connectivity index (χ4n) is 1.65. The predicted molar refractivity (Wildman–Crippen MR) is 66.6 cm³/mol. The van der Waals surface area contributed by atoms with Gasteiger partial charge < -0.3 is 10.1 Å². The van der Waals surface area contributed by atoms with E-state index in [2.05, 4.69) is 30.6 Å². The van der Waals surface area contributed by atoms with Crippen molar-refractivity contribution in [1.29, 1.82) is 0 Å². The van der Waals surface area contributed by atoms with Crippen LogP contribution in [0, 0.1) is 0 Å². The molecule has 0 saturated heterocycles. The van der Waals surface area contributed by atoms with Gasteiger partial charge in [-0.05, 0) is 36.9 Å². The molecule has 0 fully saturated rings. The van der Waals surface area contributed by atoms with Crippen molar-refractivity contribution in [2.45, 2.75) is 33.2 Å². The average molecular weight is 227 g/mol. The standard InChI is InChI=1S/C12H21NOS/c1-4-10-7-8-15-12(10)11(13-5-2)9-14-6-3/h7-8,11,13H,4-6,9H2,1-3H3. The second-order valence-corrected chi connectivity index (χ2v) is 4.38. The zero-order chi connectivity index (χ0) is 11.1. The minimum Gasteiger partial charge on any atom is -0.380 e. The zero-order valence-corrected chi connectivity index (χ0v) is 10.7. The Bertz CT molecular complexity index is 272. The second kappa shape index (κ2) is 6.99. The van der Waals surface area contributed by atoms with Gasteiger partial charge in [-0.1, -0.05) is 13.8 Å². The molecule has 0 aromatic carbocycles. The van der Waals surface area contributed by atoms with Gasteiger partial charge in [-0.25, -0.2) is 0 Å². The van der Waals surface area contributed by atoms with Crippen LogP contribution in [0.1, 0.15) is 37.3 Å². The van der Waals surface area contributed by atoms with Gasteiger partial charge in [0.2, 0.25) is 0 Å². The van der Waals surface area contributed by atoms with Crippen LogP contribution < -0.4 is 5.32 Å². The molecule has 1 atom stereocenters. The minimum absolute atomic E-state index is 0.366. The van der Waals surface area contributed by atoms with E-state index in [0.717, 1.165) is 26.2 Å². The molecule has 0 amide bonds. The molecule has 0 bridgehead atoms. The lowest BCUT2D eigenvalue weighted by atomic mass is 10.1. The SMILES string of the molecule is CCNC(COCC)c1sccc1CC. The van der Waals surface area contributed by atoms with Crippen molar-refractivity contribution < 1.29 is 4.74 Å². The Morgan fingerprint density at radius 3 is 2.80 bits per heavy atom. The largest absolute Gasteiger partial charge is 0.380 e. The monoisotopic (exact) mass is 227 g/mol. The summed E-state index contributed by atoms with van der Waals surface area (Å²) in [5, 5.41) is 5.65. The normalized spacial score (nSPS) is 13.0. The van der Waals surface area contributed by atoms with Crippen molar-refractivity contribution in [3.63, 3.8) is 0 Å². The molecule has 0 aliphatic carbocycles. The number of thiophene rings is 1. The van der Waals surface area contributed by atoms with Crippen LogP contribution in [0.15, 0.2) is 11.4 Å². The first-order chi connectivity index (χ1) is 7.33. The maximum Gasteiger partial charge on any atom is 0.0669 e. The Morgan fingerprint density at radius 1 is 1.40 bits per heavy atom. The van der Waals surface area contributed by atoms with Gasteiger partial charge in [0.1, 0.15) is 0 Å². The number of nitrogens with one attached hydrogen (secondary N) is 1. The first-order valence-corrected chi connectivity index (χ1v) is 6.58. The fourth-order valence-corrected chi connectivity index (χ4v) is 2.71. The summed E-state index contributed by atoms with van der Waals surface area (Å²) in [4.78, 5) is 1.44. The van der Waals surface area contributed by atoms with E-state index in [-0.39, 0.29) is 0 Å². The van der Waals surface area contributed by atoms with E-state index >= 15 is 0 Å². The number of rotatable bonds is 7. The summed E-state index contributed by atoms with van der Waals surface area (Å²) in [6.07, 6.45) is 1.10. The number of ether oxygens (including phenoxy) is 1. The van der Waals surface area contributed by atoms with E-state index in [1.54, 1.807) is 0 Å². The Morgan fingerprint density at radius 2 is 2.20 bits per heavy atom. The van der Waals surface area contributed by atoms with Gasteiger partial charge in [0.05, 0.1) is 12.6 Å². The highest BCUT2D eigenvalue weighted by atomic mass is 32.1. The van der Waals surface area contributed by atoms with E-state index in [1.807, 2.05) is 18.3 Å². The lowest BCUT2D eigenvalue weighted by Gasteiger charge is -2.17. The van der Waals surface area contributed by atoms with Crippen molar-refractivity contribution in [2.75, 3.05) is 19.8 Å². The second-order valence-electron chi connectivity index (χ2n) is 3.43. The van der Waals surface area contributed by atoms with Crippen LogP contribution in [0.4, 0.5) is 0 Å². The van der Waals surface area contributed by atoms with Crippen LogP contribution in [0.2, 0.25) is 0 Å². The van der Waals surface area contributed by atoms with Crippen LogP contribution in [0.3, 0.4) is 0 Å². The van der Waals surface area contributed by atoms with Crippen molar-refractivity contribution in [3.8, 4) is 0 Å². The maximum atomic E-state index is 5.52. The Labute approximate surface area is 96.7 Å². The molecule has 15 heavy (non-hydrogen) atoms. The Balaban J connectivity index is 2.69. The summed E-state index contributed by atoms with van der Waals surface area (Å²) in [5.41, 5.74) is 1.45. The maximum absolute atomic E-state index is 5.52. The van der Waals surface area contributed by atoms with Crippen LogP contribution in [0.5, 0.6) is 0 Å². The van der Waals surface area contributed by atoms with Crippen molar-refractivity contribution >= 4 is 11.3 Å². The molecular formula is C12H21NOS. The molecule has 1 heterocycles. The molecule has 0 radical (unpaired) electrons. The zero-order valence-electron chi connectivity index (χ0n) is 9.88. The van der Waals surface area contributed by atoms with Crippen LogP contribution in [0.25, 0.3) is 0 Å². The smallest absolute Gasteiger partial charge is 0.0669 e. The van der Waals surface area contributed by atoms with Gasteiger partial charge in [-0.3, -0.25) is 0 Å². The quantitative estimate of drug-likeness (QED) is 0.773. The van der Waals surface area contributed by atoms with E-state index in [0.29, 0.717) is 6.04 Å². The molecule has 0 aliphatic heterocycles. The summed E-state index contributed by atoms with van der Waals surface area (Å²) < 4.78 is 5.52. The van der Waals surface area contributed by atoms with Gasteiger partial charge >= 0.3 is 0 Å². The molecule has 2 nitrogen and oxygen atoms in total. The molecule has 0 spiro atoms. The van der Waals surface area contributed by atoms with Gasteiger partial charge in [0, 0.05) is 11.5 Å². The lowest BCUT2D eigenvalue weighted by Crippen LogP contribution is -2.25. The van der Waals surface area contributed by atoms with Crippen LogP contribution in [-0.2, 0) is 11.2 Å². The molecule has 1 rings (SSSR count). The Kier molecular flexibility index (Phi) is 5.91. The molecule has 1 unspecified atom stereocenters. The van der Waals surface area contributed by atoms with Gasteiger partial charge in [0.25, 0.3) is 0 Å². The summed E-state index contributed by atoms with van der Waals surface area (Å²) in [5.74, 6) is 0. The van der Waals surface area contributed by atoms with Crippen LogP contribution in [-0.4, -0.2) is 19.8 Å². The molecular weight excluding hydrogens is 206 g/mol. The summed E-state index contributed by atoms with van der Waals surface area (Å²) in [7, 11) is 0. The number of likely N-dealkylation sites (N-methyl/N-ethyl adjacent to an activating group) is 1. The summed E-state index contributed by atoms with van der Waals surface area (Å²) in [6, 6.07) is 2.58. The molecule has 1 aromatic rings. The summed E-state index contributed by atoms with van der Waals surface area (Å²) >= 11 is 1.83. The third kappa shape index (κ3) is 3.59. The van der Waals surface area contributed by atoms with E-state index in [4.69, 9.17) is 4.74 Å². The highest BCUT2D eigenvalue weighted by Gasteiger charge is 2.14. The molecule has 3 heteroatoms. The molecule has 86 valence electrons. The molecule has 0 saturated carbocycles. The van der Waals surface area contributed by atoms with Crippen molar-refractivity contribution in [2.24, 2.45) is 0 Å².